The predicted octanol–water partition coefficient (Wildman–Crippen LogP) is 2.62. The molecule has 1 aliphatic heterocycles. The molecule has 1 heterocycles. The van der Waals surface area contributed by atoms with Crippen LogP contribution in [0.4, 0.5) is 0 Å². The normalized spacial score (nSPS) is 22.4. The fourth-order valence-electron chi connectivity index (χ4n) is 3.02. The number of aliphatic hydroxyl groups excluding tert-OH is 1. The molecule has 1 aromatic carbocycles. The molecular formula is C17H28N2O. The first kappa shape index (κ1) is 15.5. The molecule has 0 aromatic heterocycles. The lowest BCUT2D eigenvalue weighted by Gasteiger charge is -2.29. The molecule has 1 aromatic rings. The molecule has 0 saturated carbocycles. The largest absolute Gasteiger partial charge is 0.395 e. The van der Waals surface area contributed by atoms with Crippen molar-refractivity contribution in [2.75, 3.05) is 19.7 Å². The van der Waals surface area contributed by atoms with E-state index in [9.17, 15) is 5.11 Å². The van der Waals surface area contributed by atoms with Crippen molar-refractivity contribution in [2.24, 2.45) is 5.73 Å². The van der Waals surface area contributed by atoms with Crippen LogP contribution in [0.25, 0.3) is 0 Å². The second kappa shape index (κ2) is 7.77. The Balaban J connectivity index is 1.87. The zero-order chi connectivity index (χ0) is 14.4. The Kier molecular flexibility index (Phi) is 6.02. The van der Waals surface area contributed by atoms with Crippen molar-refractivity contribution >= 4 is 0 Å². The first-order valence-corrected chi connectivity index (χ1v) is 7.88. The molecule has 1 fully saturated rings. The molecule has 20 heavy (non-hydrogen) atoms. The van der Waals surface area contributed by atoms with Crippen molar-refractivity contribution in [1.29, 1.82) is 0 Å². The Hall–Kier alpha value is -0.900. The van der Waals surface area contributed by atoms with Gasteiger partial charge in [0, 0.05) is 18.6 Å². The Labute approximate surface area is 122 Å². The van der Waals surface area contributed by atoms with Gasteiger partial charge in [0.2, 0.25) is 0 Å². The fourth-order valence-corrected chi connectivity index (χ4v) is 3.02. The average Bonchev–Trinajstić information content (AvgIpc) is 2.70. The molecule has 2 rings (SSSR count). The first-order valence-electron chi connectivity index (χ1n) is 7.88. The Morgan fingerprint density at radius 2 is 2.00 bits per heavy atom. The molecular weight excluding hydrogens is 248 g/mol. The lowest BCUT2D eigenvalue weighted by Crippen LogP contribution is -2.39. The maximum Gasteiger partial charge on any atom is 0.0586 e. The van der Waals surface area contributed by atoms with Crippen molar-refractivity contribution in [3.63, 3.8) is 0 Å². The van der Waals surface area contributed by atoms with Crippen LogP contribution in [0.15, 0.2) is 24.3 Å². The van der Waals surface area contributed by atoms with Gasteiger partial charge in [0.1, 0.15) is 0 Å². The van der Waals surface area contributed by atoms with Crippen LogP contribution in [-0.2, 0) is 0 Å². The number of hydrogen-bond donors (Lipinski definition) is 2. The summed E-state index contributed by atoms with van der Waals surface area (Å²) in [6.45, 7) is 4.46. The number of nitrogens with zero attached hydrogens (tertiary/aromatic N) is 1. The van der Waals surface area contributed by atoms with Gasteiger partial charge in [-0.1, -0.05) is 42.7 Å². The van der Waals surface area contributed by atoms with Crippen LogP contribution in [0.2, 0.25) is 0 Å². The maximum absolute atomic E-state index is 9.53. The summed E-state index contributed by atoms with van der Waals surface area (Å²) < 4.78 is 0. The highest BCUT2D eigenvalue weighted by molar-refractivity contribution is 5.23. The second-order valence-corrected chi connectivity index (χ2v) is 6.03. The fraction of sp³-hybridized carbons (Fsp3) is 0.647. The molecule has 0 radical (unpaired) electrons. The van der Waals surface area contributed by atoms with Crippen molar-refractivity contribution in [2.45, 2.75) is 51.1 Å². The maximum atomic E-state index is 9.53. The molecule has 1 saturated heterocycles. The Bertz CT molecular complexity index is 390. The van der Waals surface area contributed by atoms with Gasteiger partial charge in [-0.2, -0.15) is 0 Å². The summed E-state index contributed by atoms with van der Waals surface area (Å²) in [5.74, 6) is 0. The quantitative estimate of drug-likeness (QED) is 0.869. The topological polar surface area (TPSA) is 49.5 Å². The van der Waals surface area contributed by atoms with E-state index < -0.39 is 0 Å². The summed E-state index contributed by atoms with van der Waals surface area (Å²) in [6, 6.07) is 8.94. The number of aryl methyl sites for hydroxylation is 1. The number of likely N-dealkylation sites (tertiary alicyclic amines) is 1. The number of aliphatic hydroxyl groups is 1. The van der Waals surface area contributed by atoms with Gasteiger partial charge in [-0.25, -0.2) is 0 Å². The van der Waals surface area contributed by atoms with Crippen LogP contribution in [-0.4, -0.2) is 35.7 Å². The van der Waals surface area contributed by atoms with Gasteiger partial charge in [-0.15, -0.1) is 0 Å². The van der Waals surface area contributed by atoms with Crippen LogP contribution in [0.1, 0.15) is 49.3 Å². The number of nitrogens with two attached hydrogens (primary N) is 1. The van der Waals surface area contributed by atoms with Crippen LogP contribution < -0.4 is 5.73 Å². The van der Waals surface area contributed by atoms with E-state index in [2.05, 4.69) is 36.1 Å². The molecule has 0 spiro atoms. The monoisotopic (exact) mass is 276 g/mol. The zero-order valence-corrected chi connectivity index (χ0v) is 12.6. The molecule has 2 atom stereocenters. The number of benzene rings is 1. The third kappa shape index (κ3) is 4.30. The van der Waals surface area contributed by atoms with Crippen molar-refractivity contribution in [3.05, 3.63) is 35.4 Å². The third-order valence-corrected chi connectivity index (χ3v) is 4.44. The molecule has 0 bridgehead atoms. The van der Waals surface area contributed by atoms with Gasteiger partial charge in [-0.3, -0.25) is 4.90 Å². The highest BCUT2D eigenvalue weighted by Crippen LogP contribution is 2.20. The van der Waals surface area contributed by atoms with E-state index in [4.69, 9.17) is 5.73 Å². The van der Waals surface area contributed by atoms with Crippen molar-refractivity contribution < 1.29 is 5.11 Å². The minimum absolute atomic E-state index is 0.0956. The van der Waals surface area contributed by atoms with E-state index in [1.54, 1.807) is 0 Å². The van der Waals surface area contributed by atoms with Gasteiger partial charge in [0.05, 0.1) is 6.61 Å². The minimum Gasteiger partial charge on any atom is -0.395 e. The van der Waals surface area contributed by atoms with Crippen LogP contribution in [0.5, 0.6) is 0 Å². The third-order valence-electron chi connectivity index (χ3n) is 4.44. The summed E-state index contributed by atoms with van der Waals surface area (Å²) in [4.78, 5) is 2.43. The minimum atomic E-state index is 0.0956. The molecule has 0 aliphatic carbocycles. The Morgan fingerprint density at radius 1 is 1.25 bits per heavy atom. The highest BCUT2D eigenvalue weighted by Gasteiger charge is 2.20. The van der Waals surface area contributed by atoms with Gasteiger partial charge >= 0.3 is 0 Å². The molecule has 2 unspecified atom stereocenters. The van der Waals surface area contributed by atoms with Gasteiger partial charge in [0.25, 0.3) is 0 Å². The van der Waals surface area contributed by atoms with E-state index in [1.165, 1.54) is 30.4 Å². The predicted molar refractivity (Wildman–Crippen MR) is 83.6 cm³/mol. The lowest BCUT2D eigenvalue weighted by atomic mass is 10.0. The lowest BCUT2D eigenvalue weighted by molar-refractivity contribution is 0.121. The van der Waals surface area contributed by atoms with E-state index in [-0.39, 0.29) is 12.6 Å². The van der Waals surface area contributed by atoms with Gasteiger partial charge in [0.15, 0.2) is 0 Å². The first-order chi connectivity index (χ1) is 9.70. The summed E-state index contributed by atoms with van der Waals surface area (Å²) in [7, 11) is 0. The smallest absolute Gasteiger partial charge is 0.0586 e. The average molecular weight is 276 g/mol. The summed E-state index contributed by atoms with van der Waals surface area (Å²) >= 11 is 0. The van der Waals surface area contributed by atoms with E-state index in [0.717, 1.165) is 25.9 Å². The molecule has 3 nitrogen and oxygen atoms in total. The highest BCUT2D eigenvalue weighted by atomic mass is 16.3. The van der Waals surface area contributed by atoms with Gasteiger partial charge in [-0.05, 0) is 38.3 Å². The summed E-state index contributed by atoms with van der Waals surface area (Å²) in [5, 5.41) is 9.53. The summed E-state index contributed by atoms with van der Waals surface area (Å²) in [5.41, 5.74) is 8.78. The Morgan fingerprint density at radius 3 is 2.70 bits per heavy atom. The standard InChI is InChI=1S/C17H28N2O/c1-14-6-8-15(9-7-14)17(18)10-12-19-11-4-2-3-5-16(19)13-20/h6-9,16-17,20H,2-5,10-13,18H2,1H3. The molecule has 3 heteroatoms. The molecule has 3 N–H and O–H groups in total. The van der Waals surface area contributed by atoms with E-state index in [0.29, 0.717) is 6.04 Å². The number of rotatable bonds is 5. The molecule has 112 valence electrons. The SMILES string of the molecule is Cc1ccc(C(N)CCN2CCCCCC2CO)cc1. The van der Waals surface area contributed by atoms with Crippen molar-refractivity contribution in [1.82, 2.24) is 4.90 Å². The van der Waals surface area contributed by atoms with Gasteiger partial charge < -0.3 is 10.8 Å². The van der Waals surface area contributed by atoms with Crippen LogP contribution in [0, 0.1) is 6.92 Å². The van der Waals surface area contributed by atoms with Crippen LogP contribution >= 0.6 is 0 Å². The molecule has 1 aliphatic rings. The summed E-state index contributed by atoms with van der Waals surface area (Å²) in [6.07, 6.45) is 5.86. The molecule has 0 amide bonds. The van der Waals surface area contributed by atoms with E-state index in [1.807, 2.05) is 0 Å². The van der Waals surface area contributed by atoms with E-state index >= 15 is 0 Å². The number of hydrogen-bond acceptors (Lipinski definition) is 3. The van der Waals surface area contributed by atoms with Crippen LogP contribution in [0.3, 0.4) is 0 Å². The van der Waals surface area contributed by atoms with Crippen molar-refractivity contribution in [3.8, 4) is 0 Å². The second-order valence-electron chi connectivity index (χ2n) is 6.03. The zero-order valence-electron chi connectivity index (χ0n) is 12.6.